The van der Waals surface area contributed by atoms with E-state index in [9.17, 15) is 5.11 Å². The van der Waals surface area contributed by atoms with Crippen LogP contribution in [0.5, 0.6) is 5.75 Å². The maximum atomic E-state index is 9.83. The molecule has 2 aromatic rings. The first-order chi connectivity index (χ1) is 9.08. The second-order valence-corrected chi connectivity index (χ2v) is 5.25. The van der Waals surface area contributed by atoms with Crippen molar-refractivity contribution in [1.29, 1.82) is 0 Å². The molecule has 0 bridgehead atoms. The van der Waals surface area contributed by atoms with Gasteiger partial charge in [0.25, 0.3) is 0 Å². The van der Waals surface area contributed by atoms with E-state index in [-0.39, 0.29) is 11.8 Å². The number of hydrogen-bond donors (Lipinski definition) is 2. The molecule has 2 N–H and O–H groups in total. The number of nitrogens with one attached hydrogen (secondary N) is 1. The highest BCUT2D eigenvalue weighted by Gasteiger charge is 2.08. The van der Waals surface area contributed by atoms with Crippen molar-refractivity contribution in [2.45, 2.75) is 19.5 Å². The fourth-order valence-corrected chi connectivity index (χ4v) is 2.25. The zero-order valence-electron chi connectivity index (χ0n) is 10.5. The minimum absolute atomic E-state index is 0.134. The Kier molecular flexibility index (Phi) is 4.70. The summed E-state index contributed by atoms with van der Waals surface area (Å²) in [7, 11) is 0. The van der Waals surface area contributed by atoms with Crippen molar-refractivity contribution in [2.24, 2.45) is 0 Å². The van der Waals surface area contributed by atoms with Crippen molar-refractivity contribution >= 4 is 23.2 Å². The van der Waals surface area contributed by atoms with Crippen molar-refractivity contribution in [1.82, 2.24) is 5.32 Å². The average Bonchev–Trinajstić information content (AvgIpc) is 2.40. The van der Waals surface area contributed by atoms with Crippen molar-refractivity contribution < 1.29 is 5.11 Å². The third kappa shape index (κ3) is 3.63. The van der Waals surface area contributed by atoms with Gasteiger partial charge in [-0.25, -0.2) is 0 Å². The maximum absolute atomic E-state index is 9.83. The van der Waals surface area contributed by atoms with Crippen LogP contribution in [0, 0.1) is 0 Å². The second kappa shape index (κ2) is 6.29. The molecular formula is C15H15Cl2NO. The van der Waals surface area contributed by atoms with Gasteiger partial charge in [-0.2, -0.15) is 0 Å². The fourth-order valence-electron chi connectivity index (χ4n) is 1.86. The Balaban J connectivity index is 2.04. The molecule has 4 heteroatoms. The molecular weight excluding hydrogens is 281 g/mol. The van der Waals surface area contributed by atoms with Gasteiger partial charge in [-0.3, -0.25) is 0 Å². The number of phenolic OH excluding ortho intramolecular Hbond substituents is 1. The van der Waals surface area contributed by atoms with E-state index >= 15 is 0 Å². The quantitative estimate of drug-likeness (QED) is 0.867. The lowest BCUT2D eigenvalue weighted by Crippen LogP contribution is -2.18. The van der Waals surface area contributed by atoms with Gasteiger partial charge in [-0.15, -0.1) is 0 Å². The summed E-state index contributed by atoms with van der Waals surface area (Å²) < 4.78 is 0. The summed E-state index contributed by atoms with van der Waals surface area (Å²) in [5.41, 5.74) is 1.88. The van der Waals surface area contributed by atoms with Crippen LogP contribution >= 0.6 is 23.2 Å². The normalized spacial score (nSPS) is 12.4. The Bertz CT molecular complexity index is 572. The van der Waals surface area contributed by atoms with Gasteiger partial charge in [0, 0.05) is 23.2 Å². The van der Waals surface area contributed by atoms with E-state index in [0.717, 1.165) is 16.1 Å². The minimum atomic E-state index is 0.134. The van der Waals surface area contributed by atoms with Crippen LogP contribution in [-0.4, -0.2) is 5.11 Å². The van der Waals surface area contributed by atoms with E-state index in [1.54, 1.807) is 6.07 Å². The summed E-state index contributed by atoms with van der Waals surface area (Å²) in [5.74, 6) is 0.134. The molecule has 19 heavy (non-hydrogen) atoms. The van der Waals surface area contributed by atoms with Crippen LogP contribution in [0.15, 0.2) is 42.5 Å². The van der Waals surface area contributed by atoms with Crippen LogP contribution in [0.3, 0.4) is 0 Å². The van der Waals surface area contributed by atoms with Gasteiger partial charge in [0.2, 0.25) is 0 Å². The van der Waals surface area contributed by atoms with Crippen LogP contribution in [0.4, 0.5) is 0 Å². The van der Waals surface area contributed by atoms with Crippen molar-refractivity contribution in [3.8, 4) is 5.75 Å². The van der Waals surface area contributed by atoms with E-state index < -0.39 is 0 Å². The highest BCUT2D eigenvalue weighted by atomic mass is 35.5. The van der Waals surface area contributed by atoms with Crippen LogP contribution in [0.2, 0.25) is 10.0 Å². The molecule has 0 saturated carbocycles. The Morgan fingerprint density at radius 1 is 1.16 bits per heavy atom. The van der Waals surface area contributed by atoms with E-state index in [4.69, 9.17) is 23.2 Å². The van der Waals surface area contributed by atoms with Crippen molar-refractivity contribution in [3.05, 3.63) is 63.6 Å². The summed E-state index contributed by atoms with van der Waals surface area (Å²) >= 11 is 11.8. The number of hydrogen-bond acceptors (Lipinski definition) is 2. The number of aromatic hydroxyl groups is 1. The van der Waals surface area contributed by atoms with Gasteiger partial charge >= 0.3 is 0 Å². The third-order valence-corrected chi connectivity index (χ3v) is 3.56. The minimum Gasteiger partial charge on any atom is -0.506 e. The SMILES string of the molecule is C[C@H](NCc1cccc(Cl)c1O)c1cccc(Cl)c1. The zero-order chi connectivity index (χ0) is 13.8. The van der Waals surface area contributed by atoms with Crippen LogP contribution in [-0.2, 0) is 6.54 Å². The molecule has 0 unspecified atom stereocenters. The smallest absolute Gasteiger partial charge is 0.138 e. The van der Waals surface area contributed by atoms with E-state index in [0.29, 0.717) is 11.6 Å². The molecule has 0 aliphatic heterocycles. The molecule has 100 valence electrons. The molecule has 0 saturated heterocycles. The van der Waals surface area contributed by atoms with Crippen LogP contribution in [0.1, 0.15) is 24.1 Å². The number of halogens is 2. The topological polar surface area (TPSA) is 32.3 Å². The second-order valence-electron chi connectivity index (χ2n) is 4.41. The lowest BCUT2D eigenvalue weighted by molar-refractivity contribution is 0.460. The molecule has 2 rings (SSSR count). The number of phenols is 1. The molecule has 0 aromatic heterocycles. The lowest BCUT2D eigenvalue weighted by Gasteiger charge is -2.15. The van der Waals surface area contributed by atoms with Gasteiger partial charge in [-0.1, -0.05) is 47.5 Å². The maximum Gasteiger partial charge on any atom is 0.138 e. The molecule has 0 amide bonds. The lowest BCUT2D eigenvalue weighted by atomic mass is 10.1. The predicted octanol–water partition coefficient (Wildman–Crippen LogP) is 4.55. The first-order valence-corrected chi connectivity index (χ1v) is 6.78. The van der Waals surface area contributed by atoms with E-state index in [1.807, 2.05) is 43.3 Å². The van der Waals surface area contributed by atoms with Gasteiger partial charge < -0.3 is 10.4 Å². The standard InChI is InChI=1S/C15H15Cl2NO/c1-10(11-4-2-6-13(16)8-11)18-9-12-5-3-7-14(17)15(12)19/h2-8,10,18-19H,9H2,1H3/t10-/m0/s1. The van der Waals surface area contributed by atoms with Crippen molar-refractivity contribution in [2.75, 3.05) is 0 Å². The van der Waals surface area contributed by atoms with E-state index in [1.165, 1.54) is 0 Å². The number of benzene rings is 2. The van der Waals surface area contributed by atoms with Gasteiger partial charge in [0.05, 0.1) is 5.02 Å². The largest absolute Gasteiger partial charge is 0.506 e. The molecule has 2 nitrogen and oxygen atoms in total. The fraction of sp³-hybridized carbons (Fsp3) is 0.200. The molecule has 2 aromatic carbocycles. The van der Waals surface area contributed by atoms with Gasteiger partial charge in [0.15, 0.2) is 0 Å². The number of para-hydroxylation sites is 1. The molecule has 1 atom stereocenters. The Labute approximate surface area is 123 Å². The van der Waals surface area contributed by atoms with E-state index in [2.05, 4.69) is 5.32 Å². The average molecular weight is 296 g/mol. The van der Waals surface area contributed by atoms with Crippen molar-refractivity contribution in [3.63, 3.8) is 0 Å². The molecule has 0 spiro atoms. The first-order valence-electron chi connectivity index (χ1n) is 6.03. The zero-order valence-corrected chi connectivity index (χ0v) is 12.0. The predicted molar refractivity (Wildman–Crippen MR) is 79.8 cm³/mol. The van der Waals surface area contributed by atoms with Crippen LogP contribution in [0.25, 0.3) is 0 Å². The Morgan fingerprint density at radius 2 is 1.89 bits per heavy atom. The van der Waals surface area contributed by atoms with Crippen LogP contribution < -0.4 is 5.32 Å². The Morgan fingerprint density at radius 3 is 2.63 bits per heavy atom. The molecule has 0 aliphatic rings. The molecule has 0 radical (unpaired) electrons. The Hall–Kier alpha value is -1.22. The summed E-state index contributed by atoms with van der Waals surface area (Å²) in [6.45, 7) is 2.59. The summed E-state index contributed by atoms with van der Waals surface area (Å²) in [6, 6.07) is 13.2. The monoisotopic (exact) mass is 295 g/mol. The highest BCUT2D eigenvalue weighted by Crippen LogP contribution is 2.27. The van der Waals surface area contributed by atoms with Gasteiger partial charge in [-0.05, 0) is 30.7 Å². The number of rotatable bonds is 4. The third-order valence-electron chi connectivity index (χ3n) is 3.02. The molecule has 0 fully saturated rings. The first kappa shape index (κ1) is 14.2. The summed E-state index contributed by atoms with van der Waals surface area (Å²) in [4.78, 5) is 0. The molecule has 0 heterocycles. The highest BCUT2D eigenvalue weighted by molar-refractivity contribution is 6.32. The summed E-state index contributed by atoms with van der Waals surface area (Å²) in [5, 5.41) is 14.3. The molecule has 0 aliphatic carbocycles. The van der Waals surface area contributed by atoms with Gasteiger partial charge in [0.1, 0.15) is 5.75 Å². The summed E-state index contributed by atoms with van der Waals surface area (Å²) in [6.07, 6.45) is 0.